The molecule has 0 aromatic heterocycles. The van der Waals surface area contributed by atoms with Gasteiger partial charge in [-0.1, -0.05) is 0 Å². The van der Waals surface area contributed by atoms with Crippen molar-refractivity contribution >= 4 is 0 Å². The molecule has 3 heteroatoms. The van der Waals surface area contributed by atoms with E-state index in [0.717, 1.165) is 0 Å². The van der Waals surface area contributed by atoms with Crippen LogP contribution in [-0.2, 0) is 0 Å². The molecule has 0 aromatic rings. The van der Waals surface area contributed by atoms with Crippen LogP contribution < -0.4 is 0 Å². The molecule has 0 aliphatic rings. The summed E-state index contributed by atoms with van der Waals surface area (Å²) in [4.78, 5) is 0. The zero-order valence-electron chi connectivity index (χ0n) is 7.61. The van der Waals surface area contributed by atoms with Gasteiger partial charge < -0.3 is 15.3 Å². The van der Waals surface area contributed by atoms with E-state index in [9.17, 15) is 5.11 Å². The second-order valence-corrected chi connectivity index (χ2v) is 3.31. The lowest BCUT2D eigenvalue weighted by atomic mass is 10.1. The highest BCUT2D eigenvalue weighted by atomic mass is 16.3. The summed E-state index contributed by atoms with van der Waals surface area (Å²) >= 11 is 0. The first-order valence-electron chi connectivity index (χ1n) is 4.39. The molecule has 0 bridgehead atoms. The predicted molar refractivity (Wildman–Crippen MR) is 47.5 cm³/mol. The minimum absolute atomic E-state index is 0.357. The molecule has 3 atom stereocenters. The molecule has 1 radical (unpaired) electrons. The van der Waals surface area contributed by atoms with Gasteiger partial charge in [0.1, 0.15) is 0 Å². The van der Waals surface area contributed by atoms with E-state index < -0.39 is 12.2 Å². The highest BCUT2D eigenvalue weighted by Crippen LogP contribution is 2.08. The molecule has 0 aliphatic heterocycles. The maximum absolute atomic E-state index is 9.30. The van der Waals surface area contributed by atoms with Gasteiger partial charge in [0.2, 0.25) is 0 Å². The minimum atomic E-state index is -0.591. The Bertz CT molecular complexity index is 89.9. The maximum atomic E-state index is 9.30. The lowest BCUT2D eigenvalue weighted by Gasteiger charge is -2.12. The molecule has 0 spiro atoms. The maximum Gasteiger partial charge on any atom is 0.0542 e. The Kier molecular flexibility index (Phi) is 6.34. The Morgan fingerprint density at radius 3 is 1.92 bits per heavy atom. The van der Waals surface area contributed by atoms with Crippen molar-refractivity contribution in [3.05, 3.63) is 6.92 Å². The fourth-order valence-corrected chi connectivity index (χ4v) is 0.963. The van der Waals surface area contributed by atoms with Crippen LogP contribution >= 0.6 is 0 Å². The fraction of sp³-hybridized carbons (Fsp3) is 0.889. The summed E-state index contributed by atoms with van der Waals surface area (Å²) in [5, 5.41) is 27.0. The number of hydrogen-bond donors (Lipinski definition) is 3. The second-order valence-electron chi connectivity index (χ2n) is 3.31. The molecule has 0 saturated heterocycles. The van der Waals surface area contributed by atoms with E-state index in [-0.39, 0.29) is 6.10 Å². The van der Waals surface area contributed by atoms with Gasteiger partial charge in [-0.25, -0.2) is 0 Å². The molecule has 12 heavy (non-hydrogen) atoms. The van der Waals surface area contributed by atoms with Gasteiger partial charge in [-0.2, -0.15) is 0 Å². The predicted octanol–water partition coefficient (Wildman–Crippen LogP) is 0.483. The van der Waals surface area contributed by atoms with E-state index in [0.29, 0.717) is 25.7 Å². The molecule has 0 amide bonds. The summed E-state index contributed by atoms with van der Waals surface area (Å²) in [5.41, 5.74) is 0. The summed E-state index contributed by atoms with van der Waals surface area (Å²) in [6.45, 7) is 5.10. The zero-order valence-corrected chi connectivity index (χ0v) is 7.61. The first-order valence-corrected chi connectivity index (χ1v) is 4.39. The molecule has 0 aromatic carbocycles. The number of hydrogen-bond acceptors (Lipinski definition) is 3. The van der Waals surface area contributed by atoms with Gasteiger partial charge in [-0.05, 0) is 39.5 Å². The molecular weight excluding hydrogens is 156 g/mol. The average Bonchev–Trinajstić information content (AvgIpc) is 1.96. The van der Waals surface area contributed by atoms with Gasteiger partial charge in [0.05, 0.1) is 18.3 Å². The van der Waals surface area contributed by atoms with Crippen molar-refractivity contribution in [3.63, 3.8) is 0 Å². The average molecular weight is 175 g/mol. The highest BCUT2D eigenvalue weighted by Gasteiger charge is 2.07. The van der Waals surface area contributed by atoms with Gasteiger partial charge in [-0.15, -0.1) is 0 Å². The van der Waals surface area contributed by atoms with E-state index in [1.165, 1.54) is 0 Å². The molecule has 3 unspecified atom stereocenters. The van der Waals surface area contributed by atoms with Crippen molar-refractivity contribution < 1.29 is 15.3 Å². The molecule has 0 heterocycles. The van der Waals surface area contributed by atoms with E-state index in [4.69, 9.17) is 10.2 Å². The monoisotopic (exact) mass is 175 g/mol. The minimum Gasteiger partial charge on any atom is -0.393 e. The molecule has 0 fully saturated rings. The van der Waals surface area contributed by atoms with Crippen LogP contribution in [0.1, 0.15) is 32.6 Å². The summed E-state index contributed by atoms with van der Waals surface area (Å²) < 4.78 is 0. The lowest BCUT2D eigenvalue weighted by molar-refractivity contribution is 0.102. The zero-order chi connectivity index (χ0) is 9.56. The first kappa shape index (κ1) is 11.9. The van der Waals surface area contributed by atoms with Crippen LogP contribution in [0.25, 0.3) is 0 Å². The Morgan fingerprint density at radius 1 is 1.00 bits per heavy atom. The third-order valence-corrected chi connectivity index (χ3v) is 1.75. The first-order chi connectivity index (χ1) is 5.52. The van der Waals surface area contributed by atoms with E-state index in [1.807, 2.05) is 0 Å². The number of rotatable bonds is 6. The summed E-state index contributed by atoms with van der Waals surface area (Å²) in [6, 6.07) is 0. The van der Waals surface area contributed by atoms with Crippen LogP contribution in [0.3, 0.4) is 0 Å². The Morgan fingerprint density at radius 2 is 1.50 bits per heavy atom. The second kappa shape index (κ2) is 6.40. The van der Waals surface area contributed by atoms with Gasteiger partial charge in [-0.3, -0.25) is 0 Å². The Balaban J connectivity index is 3.27. The van der Waals surface area contributed by atoms with Crippen LogP contribution in [0.5, 0.6) is 0 Å². The molecule has 73 valence electrons. The van der Waals surface area contributed by atoms with Crippen LogP contribution in [-0.4, -0.2) is 33.6 Å². The fourth-order valence-electron chi connectivity index (χ4n) is 0.963. The van der Waals surface area contributed by atoms with Crippen molar-refractivity contribution in [1.29, 1.82) is 0 Å². The van der Waals surface area contributed by atoms with Crippen molar-refractivity contribution in [3.8, 4) is 0 Å². The Hall–Kier alpha value is -0.120. The van der Waals surface area contributed by atoms with Crippen molar-refractivity contribution in [2.24, 2.45) is 0 Å². The molecule has 0 aliphatic carbocycles. The number of aliphatic hydroxyl groups is 3. The number of aliphatic hydroxyl groups excluding tert-OH is 3. The van der Waals surface area contributed by atoms with Gasteiger partial charge in [0.15, 0.2) is 0 Å². The van der Waals surface area contributed by atoms with Gasteiger partial charge >= 0.3 is 0 Å². The summed E-state index contributed by atoms with van der Waals surface area (Å²) in [7, 11) is 0. The van der Waals surface area contributed by atoms with Crippen molar-refractivity contribution in [2.45, 2.75) is 50.9 Å². The quantitative estimate of drug-likeness (QED) is 0.550. The van der Waals surface area contributed by atoms with Crippen molar-refractivity contribution in [1.82, 2.24) is 0 Å². The largest absolute Gasteiger partial charge is 0.393 e. The van der Waals surface area contributed by atoms with Gasteiger partial charge in [0, 0.05) is 0 Å². The smallest absolute Gasteiger partial charge is 0.0542 e. The summed E-state index contributed by atoms with van der Waals surface area (Å²) in [6.07, 6.45) is 0.892. The molecule has 0 rings (SSSR count). The van der Waals surface area contributed by atoms with E-state index >= 15 is 0 Å². The van der Waals surface area contributed by atoms with Crippen LogP contribution in [0.15, 0.2) is 0 Å². The van der Waals surface area contributed by atoms with Gasteiger partial charge in [0.25, 0.3) is 0 Å². The van der Waals surface area contributed by atoms with Crippen LogP contribution in [0.4, 0.5) is 0 Å². The highest BCUT2D eigenvalue weighted by molar-refractivity contribution is 4.63. The molecule has 3 nitrogen and oxygen atoms in total. The SMILES string of the molecule is [CH2]C(O)CCC(O)CCC(C)O. The van der Waals surface area contributed by atoms with Crippen LogP contribution in [0.2, 0.25) is 0 Å². The molecule has 3 N–H and O–H groups in total. The summed E-state index contributed by atoms with van der Waals surface area (Å²) in [5.74, 6) is 0. The third kappa shape index (κ3) is 7.98. The Labute approximate surface area is 74.0 Å². The van der Waals surface area contributed by atoms with E-state index in [1.54, 1.807) is 6.92 Å². The third-order valence-electron chi connectivity index (χ3n) is 1.75. The topological polar surface area (TPSA) is 60.7 Å². The standard InChI is InChI=1S/C9H19O3/c1-7(10)3-5-9(12)6-4-8(2)11/h7-12H,1,3-6H2,2H3. The van der Waals surface area contributed by atoms with Crippen LogP contribution in [0, 0.1) is 6.92 Å². The van der Waals surface area contributed by atoms with Crippen molar-refractivity contribution in [2.75, 3.05) is 0 Å². The molecular formula is C9H19O3. The van der Waals surface area contributed by atoms with E-state index in [2.05, 4.69) is 6.92 Å². The molecule has 0 saturated carbocycles. The lowest BCUT2D eigenvalue weighted by Crippen LogP contribution is -2.13. The normalized spacial score (nSPS) is 18.8.